The van der Waals surface area contributed by atoms with Gasteiger partial charge in [0.1, 0.15) is 5.75 Å². The minimum Gasteiger partial charge on any atom is -0.497 e. The Hall–Kier alpha value is -1.75. The van der Waals surface area contributed by atoms with Crippen LogP contribution >= 0.6 is 0 Å². The molecule has 0 aromatic heterocycles. The third kappa shape index (κ3) is 6.10. The van der Waals surface area contributed by atoms with Crippen molar-refractivity contribution in [1.29, 1.82) is 0 Å². The molecule has 1 aromatic rings. The predicted octanol–water partition coefficient (Wildman–Crippen LogP) is 2.09. The molecule has 5 heteroatoms. The molecule has 2 N–H and O–H groups in total. The monoisotopic (exact) mass is 318 g/mol. The smallest absolute Gasteiger partial charge is 0.191 e. The van der Waals surface area contributed by atoms with E-state index >= 15 is 0 Å². The van der Waals surface area contributed by atoms with Crippen LogP contribution in [0.5, 0.6) is 5.75 Å². The Morgan fingerprint density at radius 2 is 2.09 bits per heavy atom. The predicted molar refractivity (Wildman–Crippen MR) is 96.0 cm³/mol. The molecular formula is C18H30N4O. The highest BCUT2D eigenvalue weighted by atomic mass is 16.5. The summed E-state index contributed by atoms with van der Waals surface area (Å²) in [7, 11) is 3.89. The van der Waals surface area contributed by atoms with Crippen molar-refractivity contribution in [2.75, 3.05) is 40.3 Å². The lowest BCUT2D eigenvalue weighted by Crippen LogP contribution is -2.43. The average Bonchev–Trinajstić information content (AvgIpc) is 2.58. The quantitative estimate of drug-likeness (QED) is 0.623. The number of piperidine rings is 1. The summed E-state index contributed by atoms with van der Waals surface area (Å²) in [5.74, 6) is 2.49. The van der Waals surface area contributed by atoms with E-state index in [2.05, 4.69) is 46.6 Å². The van der Waals surface area contributed by atoms with Crippen LogP contribution in [0.1, 0.15) is 25.3 Å². The summed E-state index contributed by atoms with van der Waals surface area (Å²) < 4.78 is 5.18. The molecule has 1 unspecified atom stereocenters. The van der Waals surface area contributed by atoms with Gasteiger partial charge in [-0.1, -0.05) is 12.1 Å². The van der Waals surface area contributed by atoms with E-state index in [9.17, 15) is 0 Å². The second kappa shape index (κ2) is 9.40. The fraction of sp³-hybridized carbons (Fsp3) is 0.611. The first-order valence-corrected chi connectivity index (χ1v) is 8.55. The SMILES string of the molecule is CCNC(=NCc1ccc(OC)cc1)NCC1CCCN(C)C1. The first-order chi connectivity index (χ1) is 11.2. The zero-order valence-corrected chi connectivity index (χ0v) is 14.6. The van der Waals surface area contributed by atoms with E-state index in [1.54, 1.807) is 7.11 Å². The van der Waals surface area contributed by atoms with Crippen molar-refractivity contribution in [2.24, 2.45) is 10.9 Å². The number of ether oxygens (including phenoxy) is 1. The topological polar surface area (TPSA) is 48.9 Å². The molecule has 1 aliphatic rings. The highest BCUT2D eigenvalue weighted by Gasteiger charge is 2.17. The van der Waals surface area contributed by atoms with E-state index in [1.165, 1.54) is 31.5 Å². The number of benzene rings is 1. The highest BCUT2D eigenvalue weighted by Crippen LogP contribution is 2.14. The Morgan fingerprint density at radius 3 is 2.74 bits per heavy atom. The molecule has 0 bridgehead atoms. The summed E-state index contributed by atoms with van der Waals surface area (Å²) in [6.07, 6.45) is 2.59. The lowest BCUT2D eigenvalue weighted by atomic mass is 9.99. The second-order valence-electron chi connectivity index (χ2n) is 6.19. The number of methoxy groups -OCH3 is 1. The maximum atomic E-state index is 5.18. The number of nitrogens with one attached hydrogen (secondary N) is 2. The number of likely N-dealkylation sites (tertiary alicyclic amines) is 1. The van der Waals surface area contributed by atoms with Crippen molar-refractivity contribution in [3.05, 3.63) is 29.8 Å². The van der Waals surface area contributed by atoms with Crippen LogP contribution in [0.25, 0.3) is 0 Å². The maximum Gasteiger partial charge on any atom is 0.191 e. The van der Waals surface area contributed by atoms with Gasteiger partial charge in [-0.05, 0) is 57.0 Å². The maximum absolute atomic E-state index is 5.18. The number of hydrogen-bond acceptors (Lipinski definition) is 3. The number of hydrogen-bond donors (Lipinski definition) is 2. The molecule has 1 aliphatic heterocycles. The largest absolute Gasteiger partial charge is 0.497 e. The normalized spacial score (nSPS) is 19.4. The minimum absolute atomic E-state index is 0.671. The molecule has 0 radical (unpaired) electrons. The van der Waals surface area contributed by atoms with Crippen molar-refractivity contribution >= 4 is 5.96 Å². The molecule has 23 heavy (non-hydrogen) atoms. The molecule has 0 amide bonds. The highest BCUT2D eigenvalue weighted by molar-refractivity contribution is 5.79. The van der Waals surface area contributed by atoms with Crippen molar-refractivity contribution in [1.82, 2.24) is 15.5 Å². The van der Waals surface area contributed by atoms with Gasteiger partial charge in [0.15, 0.2) is 5.96 Å². The Kier molecular flexibility index (Phi) is 7.20. The van der Waals surface area contributed by atoms with E-state index in [1.807, 2.05) is 12.1 Å². The summed E-state index contributed by atoms with van der Waals surface area (Å²) in [6.45, 7) is 7.02. The fourth-order valence-electron chi connectivity index (χ4n) is 2.92. The van der Waals surface area contributed by atoms with Gasteiger partial charge >= 0.3 is 0 Å². The molecule has 1 atom stereocenters. The van der Waals surface area contributed by atoms with Gasteiger partial charge in [0.05, 0.1) is 13.7 Å². The first kappa shape index (κ1) is 17.6. The van der Waals surface area contributed by atoms with Gasteiger partial charge in [0.25, 0.3) is 0 Å². The Balaban J connectivity index is 1.85. The molecule has 1 fully saturated rings. The van der Waals surface area contributed by atoms with E-state index < -0.39 is 0 Å². The van der Waals surface area contributed by atoms with Crippen LogP contribution in [0.4, 0.5) is 0 Å². The lowest BCUT2D eigenvalue weighted by Gasteiger charge is -2.30. The Labute approximate surface area is 140 Å². The van der Waals surface area contributed by atoms with Gasteiger partial charge < -0.3 is 20.3 Å². The zero-order chi connectivity index (χ0) is 16.5. The number of aliphatic imine (C=N–C) groups is 1. The van der Waals surface area contributed by atoms with Crippen LogP contribution in [0.3, 0.4) is 0 Å². The molecule has 1 saturated heterocycles. The molecule has 1 aromatic carbocycles. The number of guanidine groups is 1. The van der Waals surface area contributed by atoms with Gasteiger partial charge in [-0.25, -0.2) is 4.99 Å². The minimum atomic E-state index is 0.671. The van der Waals surface area contributed by atoms with Crippen LogP contribution in [-0.2, 0) is 6.54 Å². The van der Waals surface area contributed by atoms with Crippen molar-refractivity contribution in [2.45, 2.75) is 26.3 Å². The fourth-order valence-corrected chi connectivity index (χ4v) is 2.92. The van der Waals surface area contributed by atoms with Crippen LogP contribution in [0, 0.1) is 5.92 Å². The van der Waals surface area contributed by atoms with Crippen molar-refractivity contribution in [3.63, 3.8) is 0 Å². The van der Waals surface area contributed by atoms with Crippen LogP contribution < -0.4 is 15.4 Å². The number of rotatable bonds is 6. The van der Waals surface area contributed by atoms with Gasteiger partial charge in [-0.15, -0.1) is 0 Å². The lowest BCUT2D eigenvalue weighted by molar-refractivity contribution is 0.210. The van der Waals surface area contributed by atoms with E-state index in [4.69, 9.17) is 4.74 Å². The Bertz CT molecular complexity index is 486. The molecule has 128 valence electrons. The average molecular weight is 318 g/mol. The zero-order valence-electron chi connectivity index (χ0n) is 14.6. The molecule has 5 nitrogen and oxygen atoms in total. The van der Waals surface area contributed by atoms with E-state index in [0.717, 1.165) is 24.8 Å². The van der Waals surface area contributed by atoms with Crippen LogP contribution in [0.15, 0.2) is 29.3 Å². The van der Waals surface area contributed by atoms with E-state index in [-0.39, 0.29) is 0 Å². The first-order valence-electron chi connectivity index (χ1n) is 8.55. The summed E-state index contributed by atoms with van der Waals surface area (Å²) in [5.41, 5.74) is 1.18. The molecular weight excluding hydrogens is 288 g/mol. The van der Waals surface area contributed by atoms with Crippen LogP contribution in [-0.4, -0.2) is 51.2 Å². The molecule has 2 rings (SSSR count). The second-order valence-corrected chi connectivity index (χ2v) is 6.19. The van der Waals surface area contributed by atoms with Gasteiger partial charge in [0.2, 0.25) is 0 Å². The molecule has 1 heterocycles. The third-order valence-electron chi connectivity index (χ3n) is 4.20. The summed E-state index contributed by atoms with van der Waals surface area (Å²) in [6, 6.07) is 8.07. The molecule has 0 spiro atoms. The van der Waals surface area contributed by atoms with Gasteiger partial charge in [0, 0.05) is 19.6 Å². The Morgan fingerprint density at radius 1 is 1.30 bits per heavy atom. The summed E-state index contributed by atoms with van der Waals surface area (Å²) in [4.78, 5) is 7.10. The standard InChI is InChI=1S/C18H30N4O/c1-4-19-18(21-13-16-6-5-11-22(2)14-16)20-12-15-7-9-17(23-3)10-8-15/h7-10,16H,4-6,11-14H2,1-3H3,(H2,19,20,21). The van der Waals surface area contributed by atoms with Gasteiger partial charge in [-0.2, -0.15) is 0 Å². The number of nitrogens with zero attached hydrogens (tertiary/aromatic N) is 2. The summed E-state index contributed by atoms with van der Waals surface area (Å²) >= 11 is 0. The van der Waals surface area contributed by atoms with Crippen LogP contribution in [0.2, 0.25) is 0 Å². The van der Waals surface area contributed by atoms with E-state index in [0.29, 0.717) is 12.5 Å². The summed E-state index contributed by atoms with van der Waals surface area (Å²) in [5, 5.41) is 6.82. The van der Waals surface area contributed by atoms with Gasteiger partial charge in [-0.3, -0.25) is 0 Å². The molecule has 0 saturated carbocycles. The van der Waals surface area contributed by atoms with Crippen molar-refractivity contribution < 1.29 is 4.74 Å². The third-order valence-corrected chi connectivity index (χ3v) is 4.20. The molecule has 0 aliphatic carbocycles. The van der Waals surface area contributed by atoms with Crippen molar-refractivity contribution in [3.8, 4) is 5.75 Å².